The first-order valence-corrected chi connectivity index (χ1v) is 7.22. The first kappa shape index (κ1) is 17.6. The van der Waals surface area contributed by atoms with Gasteiger partial charge < -0.3 is 10.2 Å². The Balaban J connectivity index is 0.00000200. The van der Waals surface area contributed by atoms with E-state index in [1.165, 1.54) is 0 Å². The van der Waals surface area contributed by atoms with Crippen LogP contribution in [0.4, 0.5) is 0 Å². The zero-order valence-corrected chi connectivity index (χ0v) is 13.7. The molecule has 20 heavy (non-hydrogen) atoms. The predicted molar refractivity (Wildman–Crippen MR) is 86.0 cm³/mol. The van der Waals surface area contributed by atoms with Crippen LogP contribution in [-0.2, 0) is 11.2 Å². The van der Waals surface area contributed by atoms with Gasteiger partial charge in [0.05, 0.1) is 16.5 Å². The average Bonchev–Trinajstić information content (AvgIpc) is 2.83. The summed E-state index contributed by atoms with van der Waals surface area (Å²) in [4.78, 5) is 14.1. The van der Waals surface area contributed by atoms with Gasteiger partial charge in [-0.15, -0.1) is 12.4 Å². The molecule has 1 aromatic rings. The van der Waals surface area contributed by atoms with Gasteiger partial charge in [-0.2, -0.15) is 0 Å². The third-order valence-electron chi connectivity index (χ3n) is 3.47. The Hall–Kier alpha value is -0.480. The molecule has 1 fully saturated rings. The lowest BCUT2D eigenvalue weighted by atomic mass is 10.1. The third-order valence-corrected chi connectivity index (χ3v) is 4.21. The van der Waals surface area contributed by atoms with E-state index in [2.05, 4.69) is 5.32 Å². The number of likely N-dealkylation sites (tertiary alicyclic amines) is 1. The van der Waals surface area contributed by atoms with Gasteiger partial charge in [0.1, 0.15) is 0 Å². The summed E-state index contributed by atoms with van der Waals surface area (Å²) in [6, 6.07) is 5.36. The Bertz CT molecular complexity index is 468. The van der Waals surface area contributed by atoms with E-state index in [1.54, 1.807) is 12.1 Å². The Morgan fingerprint density at radius 1 is 1.40 bits per heavy atom. The molecule has 0 spiro atoms. The van der Waals surface area contributed by atoms with Crippen molar-refractivity contribution < 1.29 is 4.79 Å². The van der Waals surface area contributed by atoms with Crippen molar-refractivity contribution in [1.29, 1.82) is 0 Å². The van der Waals surface area contributed by atoms with Crippen LogP contribution >= 0.6 is 35.6 Å². The first-order chi connectivity index (χ1) is 9.10. The number of nitrogens with zero attached hydrogens (tertiary/aromatic N) is 1. The molecule has 0 aliphatic carbocycles. The lowest BCUT2D eigenvalue weighted by Gasteiger charge is -2.16. The molecule has 1 aliphatic rings. The molecule has 1 atom stereocenters. The monoisotopic (exact) mass is 336 g/mol. The van der Waals surface area contributed by atoms with E-state index >= 15 is 0 Å². The minimum atomic E-state index is 0. The van der Waals surface area contributed by atoms with Gasteiger partial charge in [0.15, 0.2) is 0 Å². The summed E-state index contributed by atoms with van der Waals surface area (Å²) in [6.45, 7) is 2.67. The molecular formula is C14H19Cl3N2O. The van der Waals surface area contributed by atoms with E-state index < -0.39 is 0 Å². The van der Waals surface area contributed by atoms with Crippen LogP contribution in [0, 0.1) is 5.92 Å². The summed E-state index contributed by atoms with van der Waals surface area (Å²) in [5, 5.41) is 4.19. The van der Waals surface area contributed by atoms with E-state index in [0.29, 0.717) is 22.4 Å². The van der Waals surface area contributed by atoms with Crippen molar-refractivity contribution in [3.63, 3.8) is 0 Å². The molecular weight excluding hydrogens is 319 g/mol. The molecule has 2 rings (SSSR count). The summed E-state index contributed by atoms with van der Waals surface area (Å²) in [7, 11) is 1.94. The van der Waals surface area contributed by atoms with Gasteiger partial charge >= 0.3 is 0 Å². The van der Waals surface area contributed by atoms with E-state index in [-0.39, 0.29) is 18.3 Å². The molecule has 1 unspecified atom stereocenters. The highest BCUT2D eigenvalue weighted by Crippen LogP contribution is 2.23. The van der Waals surface area contributed by atoms with E-state index in [9.17, 15) is 4.79 Å². The summed E-state index contributed by atoms with van der Waals surface area (Å²) < 4.78 is 0. The number of nitrogens with one attached hydrogen (secondary N) is 1. The summed E-state index contributed by atoms with van der Waals surface area (Å²) in [5.41, 5.74) is 0.913. The Labute approximate surface area is 136 Å². The second-order valence-corrected chi connectivity index (χ2v) is 5.79. The molecule has 3 nitrogen and oxygen atoms in total. The van der Waals surface area contributed by atoms with Crippen molar-refractivity contribution >= 4 is 41.5 Å². The minimum Gasteiger partial charge on any atom is -0.342 e. The second-order valence-electron chi connectivity index (χ2n) is 4.98. The van der Waals surface area contributed by atoms with Gasteiger partial charge in [-0.1, -0.05) is 29.3 Å². The predicted octanol–water partition coefficient (Wildman–Crippen LogP) is 3.03. The van der Waals surface area contributed by atoms with Gasteiger partial charge in [0, 0.05) is 13.1 Å². The van der Waals surface area contributed by atoms with Crippen LogP contribution in [0.5, 0.6) is 0 Å². The Morgan fingerprint density at radius 3 is 2.80 bits per heavy atom. The number of hydrogen-bond acceptors (Lipinski definition) is 2. The smallest absolute Gasteiger partial charge is 0.227 e. The molecule has 0 saturated carbocycles. The molecule has 112 valence electrons. The van der Waals surface area contributed by atoms with Gasteiger partial charge in [0.25, 0.3) is 0 Å². The maximum absolute atomic E-state index is 12.2. The topological polar surface area (TPSA) is 32.3 Å². The quantitative estimate of drug-likeness (QED) is 0.916. The van der Waals surface area contributed by atoms with Crippen LogP contribution in [0.2, 0.25) is 10.0 Å². The van der Waals surface area contributed by atoms with Crippen molar-refractivity contribution in [2.24, 2.45) is 5.92 Å². The van der Waals surface area contributed by atoms with Crippen LogP contribution in [-0.4, -0.2) is 37.5 Å². The number of halogens is 3. The van der Waals surface area contributed by atoms with Crippen molar-refractivity contribution in [3.05, 3.63) is 33.8 Å². The van der Waals surface area contributed by atoms with Crippen molar-refractivity contribution in [3.8, 4) is 0 Å². The summed E-state index contributed by atoms with van der Waals surface area (Å²) in [6.07, 6.45) is 1.47. The van der Waals surface area contributed by atoms with E-state index in [1.807, 2.05) is 18.0 Å². The van der Waals surface area contributed by atoms with Crippen molar-refractivity contribution in [2.45, 2.75) is 12.8 Å². The molecule has 0 bridgehead atoms. The minimum absolute atomic E-state index is 0. The Morgan fingerprint density at radius 2 is 2.15 bits per heavy atom. The maximum Gasteiger partial charge on any atom is 0.227 e. The lowest BCUT2D eigenvalue weighted by Crippen LogP contribution is -2.31. The molecule has 1 aromatic carbocycles. The summed E-state index contributed by atoms with van der Waals surface area (Å²) in [5.74, 6) is 0.736. The molecule has 1 aliphatic heterocycles. The zero-order valence-electron chi connectivity index (χ0n) is 11.4. The van der Waals surface area contributed by atoms with Crippen LogP contribution in [0.1, 0.15) is 12.0 Å². The zero-order chi connectivity index (χ0) is 13.8. The van der Waals surface area contributed by atoms with Gasteiger partial charge in [0.2, 0.25) is 5.91 Å². The normalized spacial score (nSPS) is 17.9. The molecule has 1 N–H and O–H groups in total. The lowest BCUT2D eigenvalue weighted by molar-refractivity contribution is -0.129. The highest BCUT2D eigenvalue weighted by molar-refractivity contribution is 6.42. The SMILES string of the molecule is CNCC1CCN(C(=O)Cc2ccc(Cl)c(Cl)c2)C1.Cl. The van der Waals surface area contributed by atoms with Gasteiger partial charge in [-0.05, 0) is 43.6 Å². The molecule has 0 aromatic heterocycles. The number of carbonyl (C=O) groups is 1. The number of carbonyl (C=O) groups excluding carboxylic acids is 1. The number of rotatable bonds is 4. The highest BCUT2D eigenvalue weighted by Gasteiger charge is 2.25. The van der Waals surface area contributed by atoms with Gasteiger partial charge in [-0.25, -0.2) is 0 Å². The highest BCUT2D eigenvalue weighted by atomic mass is 35.5. The average molecular weight is 338 g/mol. The van der Waals surface area contributed by atoms with Crippen LogP contribution < -0.4 is 5.32 Å². The Kier molecular flexibility index (Phi) is 7.10. The van der Waals surface area contributed by atoms with Gasteiger partial charge in [-0.3, -0.25) is 4.79 Å². The second kappa shape index (κ2) is 8.08. The third kappa shape index (κ3) is 4.52. The van der Waals surface area contributed by atoms with Crippen LogP contribution in [0.25, 0.3) is 0 Å². The first-order valence-electron chi connectivity index (χ1n) is 6.46. The fraction of sp³-hybridized carbons (Fsp3) is 0.500. The fourth-order valence-electron chi connectivity index (χ4n) is 2.45. The van der Waals surface area contributed by atoms with Crippen molar-refractivity contribution in [2.75, 3.05) is 26.7 Å². The maximum atomic E-state index is 12.2. The molecule has 1 amide bonds. The number of benzene rings is 1. The van der Waals surface area contributed by atoms with E-state index in [0.717, 1.165) is 31.6 Å². The molecule has 6 heteroatoms. The molecule has 1 heterocycles. The number of amides is 1. The fourth-order valence-corrected chi connectivity index (χ4v) is 2.77. The van der Waals surface area contributed by atoms with E-state index in [4.69, 9.17) is 23.2 Å². The molecule has 0 radical (unpaired) electrons. The largest absolute Gasteiger partial charge is 0.342 e. The van der Waals surface area contributed by atoms with Crippen LogP contribution in [0.15, 0.2) is 18.2 Å². The number of hydrogen-bond donors (Lipinski definition) is 1. The molecule has 1 saturated heterocycles. The van der Waals surface area contributed by atoms with Crippen molar-refractivity contribution in [1.82, 2.24) is 10.2 Å². The standard InChI is InChI=1S/C14H18Cl2N2O.ClH/c1-17-8-11-4-5-18(9-11)14(19)7-10-2-3-12(15)13(16)6-10;/h2-3,6,11,17H,4-5,7-9H2,1H3;1H. The summed E-state index contributed by atoms with van der Waals surface area (Å²) >= 11 is 11.8. The van der Waals surface area contributed by atoms with Crippen LogP contribution in [0.3, 0.4) is 0 Å².